The van der Waals surface area contributed by atoms with E-state index in [0.717, 1.165) is 60.1 Å². The van der Waals surface area contributed by atoms with Crippen molar-refractivity contribution < 1.29 is 9.84 Å². The van der Waals surface area contributed by atoms with Gasteiger partial charge in [0.1, 0.15) is 18.2 Å². The Bertz CT molecular complexity index is 828. The maximum atomic E-state index is 8.98. The Morgan fingerprint density at radius 1 is 1.28 bits per heavy atom. The van der Waals surface area contributed by atoms with Crippen molar-refractivity contribution in [2.75, 3.05) is 19.8 Å². The summed E-state index contributed by atoms with van der Waals surface area (Å²) >= 11 is 0. The lowest BCUT2D eigenvalue weighted by atomic mass is 10.1. The van der Waals surface area contributed by atoms with Crippen LogP contribution in [0.1, 0.15) is 17.0 Å². The summed E-state index contributed by atoms with van der Waals surface area (Å²) in [4.78, 5) is 10.5. The fraction of sp³-hybridized carbons (Fsp3) is 0.333. The highest BCUT2D eigenvalue weighted by atomic mass is 16.5. The summed E-state index contributed by atoms with van der Waals surface area (Å²) in [6.45, 7) is 2.93. The van der Waals surface area contributed by atoms with E-state index in [1.165, 1.54) is 0 Å². The Hall–Kier alpha value is -2.64. The first-order chi connectivity index (χ1) is 12.3. The SMILES string of the molecule is OCCOc1ccccc1CN1CCc2nc(-c3cn[nH]c3)[nH]c2C1. The molecule has 1 aliphatic rings. The fourth-order valence-electron chi connectivity index (χ4n) is 3.17. The van der Waals surface area contributed by atoms with E-state index in [1.54, 1.807) is 6.20 Å². The molecule has 0 atom stereocenters. The number of nitrogens with one attached hydrogen (secondary N) is 2. The lowest BCUT2D eigenvalue weighted by molar-refractivity contribution is 0.195. The van der Waals surface area contributed by atoms with E-state index < -0.39 is 0 Å². The molecular formula is C18H21N5O2. The van der Waals surface area contributed by atoms with Crippen LogP contribution in [-0.2, 0) is 19.5 Å². The van der Waals surface area contributed by atoms with Crippen molar-refractivity contribution in [3.8, 4) is 17.1 Å². The van der Waals surface area contributed by atoms with E-state index in [0.29, 0.717) is 6.61 Å². The van der Waals surface area contributed by atoms with Gasteiger partial charge in [0.15, 0.2) is 0 Å². The molecule has 130 valence electrons. The smallest absolute Gasteiger partial charge is 0.141 e. The number of nitrogens with zero attached hydrogens (tertiary/aromatic N) is 3. The second kappa shape index (κ2) is 7.08. The van der Waals surface area contributed by atoms with Crippen molar-refractivity contribution >= 4 is 0 Å². The standard InChI is InChI=1S/C18H21N5O2/c24-7-8-25-17-4-2-1-3-13(17)11-23-6-5-15-16(12-23)22-18(21-15)14-9-19-20-10-14/h1-4,9-10,24H,5-8,11-12H2,(H,19,20)(H,21,22). The molecule has 0 amide bonds. The Balaban J connectivity index is 1.48. The lowest BCUT2D eigenvalue weighted by Gasteiger charge is -2.26. The molecule has 0 spiro atoms. The van der Waals surface area contributed by atoms with Crippen molar-refractivity contribution in [3.05, 3.63) is 53.6 Å². The molecule has 0 unspecified atom stereocenters. The first-order valence-corrected chi connectivity index (χ1v) is 8.44. The number of aliphatic hydroxyl groups is 1. The summed E-state index contributed by atoms with van der Waals surface area (Å²) in [5.74, 6) is 1.71. The van der Waals surface area contributed by atoms with E-state index in [2.05, 4.69) is 26.1 Å². The Kier molecular flexibility index (Phi) is 4.49. The van der Waals surface area contributed by atoms with Gasteiger partial charge in [-0.05, 0) is 6.07 Å². The number of hydrogen-bond donors (Lipinski definition) is 3. The highest BCUT2D eigenvalue weighted by Crippen LogP contribution is 2.25. The van der Waals surface area contributed by atoms with Gasteiger partial charge in [-0.15, -0.1) is 0 Å². The molecule has 0 bridgehead atoms. The summed E-state index contributed by atoms with van der Waals surface area (Å²) in [5.41, 5.74) is 4.41. The number of aliphatic hydroxyl groups excluding tert-OH is 1. The predicted octanol–water partition coefficient (Wildman–Crippen LogP) is 1.73. The van der Waals surface area contributed by atoms with Crippen molar-refractivity contribution in [2.45, 2.75) is 19.5 Å². The maximum absolute atomic E-state index is 8.98. The number of para-hydroxylation sites is 1. The molecule has 0 aliphatic carbocycles. The fourth-order valence-corrected chi connectivity index (χ4v) is 3.17. The minimum absolute atomic E-state index is 0.0202. The van der Waals surface area contributed by atoms with Gasteiger partial charge in [-0.3, -0.25) is 10.00 Å². The van der Waals surface area contributed by atoms with Gasteiger partial charge in [0.25, 0.3) is 0 Å². The summed E-state index contributed by atoms with van der Waals surface area (Å²) in [5, 5.41) is 15.8. The van der Waals surface area contributed by atoms with E-state index >= 15 is 0 Å². The molecule has 2 aromatic heterocycles. The van der Waals surface area contributed by atoms with Crippen LogP contribution in [0.25, 0.3) is 11.4 Å². The van der Waals surface area contributed by atoms with Crippen molar-refractivity contribution in [3.63, 3.8) is 0 Å². The lowest BCUT2D eigenvalue weighted by Crippen LogP contribution is -2.30. The van der Waals surface area contributed by atoms with Gasteiger partial charge in [0.05, 0.1) is 29.8 Å². The van der Waals surface area contributed by atoms with Crippen LogP contribution in [-0.4, -0.2) is 49.9 Å². The Morgan fingerprint density at radius 3 is 3.04 bits per heavy atom. The molecule has 0 saturated heterocycles. The third kappa shape index (κ3) is 3.42. The number of fused-ring (bicyclic) bond motifs is 1. The van der Waals surface area contributed by atoms with Crippen LogP contribution in [0.15, 0.2) is 36.7 Å². The van der Waals surface area contributed by atoms with E-state index in [9.17, 15) is 0 Å². The minimum Gasteiger partial charge on any atom is -0.491 e. The Labute approximate surface area is 145 Å². The van der Waals surface area contributed by atoms with Crippen LogP contribution in [0.3, 0.4) is 0 Å². The van der Waals surface area contributed by atoms with Gasteiger partial charge in [-0.25, -0.2) is 4.98 Å². The van der Waals surface area contributed by atoms with Crippen molar-refractivity contribution in [2.24, 2.45) is 0 Å². The number of aromatic amines is 2. The Morgan fingerprint density at radius 2 is 2.20 bits per heavy atom. The average Bonchev–Trinajstić information content (AvgIpc) is 3.30. The normalized spacial score (nSPS) is 14.4. The molecule has 3 N–H and O–H groups in total. The second-order valence-corrected chi connectivity index (χ2v) is 6.14. The molecule has 0 saturated carbocycles. The number of hydrogen-bond acceptors (Lipinski definition) is 5. The largest absolute Gasteiger partial charge is 0.491 e. The molecular weight excluding hydrogens is 318 g/mol. The highest BCUT2D eigenvalue weighted by molar-refractivity contribution is 5.53. The van der Waals surface area contributed by atoms with Gasteiger partial charge in [-0.2, -0.15) is 5.10 Å². The quantitative estimate of drug-likeness (QED) is 0.636. The second-order valence-electron chi connectivity index (χ2n) is 6.14. The summed E-state index contributed by atoms with van der Waals surface area (Å²) in [7, 11) is 0. The molecule has 1 aliphatic heterocycles. The molecule has 1 aromatic carbocycles. The number of ether oxygens (including phenoxy) is 1. The van der Waals surface area contributed by atoms with Crippen LogP contribution in [0.5, 0.6) is 5.75 Å². The zero-order valence-corrected chi connectivity index (χ0v) is 13.9. The highest BCUT2D eigenvalue weighted by Gasteiger charge is 2.21. The van der Waals surface area contributed by atoms with Gasteiger partial charge in [0, 0.05) is 37.8 Å². The molecule has 25 heavy (non-hydrogen) atoms. The van der Waals surface area contributed by atoms with E-state index in [1.807, 2.05) is 24.4 Å². The summed E-state index contributed by atoms with van der Waals surface area (Å²) < 4.78 is 5.64. The van der Waals surface area contributed by atoms with Crippen LogP contribution in [0.4, 0.5) is 0 Å². The molecule has 3 aromatic rings. The summed E-state index contributed by atoms with van der Waals surface area (Å²) in [6, 6.07) is 8.00. The topological polar surface area (TPSA) is 90.1 Å². The molecule has 7 heteroatoms. The average molecular weight is 339 g/mol. The van der Waals surface area contributed by atoms with Crippen LogP contribution < -0.4 is 4.74 Å². The first-order valence-electron chi connectivity index (χ1n) is 8.44. The number of aromatic nitrogens is 4. The molecule has 4 rings (SSSR count). The van der Waals surface area contributed by atoms with Gasteiger partial charge < -0.3 is 14.8 Å². The van der Waals surface area contributed by atoms with Crippen LogP contribution in [0, 0.1) is 0 Å². The van der Waals surface area contributed by atoms with Gasteiger partial charge in [-0.1, -0.05) is 18.2 Å². The zero-order valence-electron chi connectivity index (χ0n) is 13.9. The summed E-state index contributed by atoms with van der Waals surface area (Å²) in [6.07, 6.45) is 4.54. The first kappa shape index (κ1) is 15.9. The monoisotopic (exact) mass is 339 g/mol. The zero-order chi connectivity index (χ0) is 17.1. The van der Waals surface area contributed by atoms with Crippen LogP contribution >= 0.6 is 0 Å². The maximum Gasteiger partial charge on any atom is 0.141 e. The predicted molar refractivity (Wildman–Crippen MR) is 93.0 cm³/mol. The number of H-pyrrole nitrogens is 2. The third-order valence-electron chi connectivity index (χ3n) is 4.40. The number of rotatable bonds is 6. The van der Waals surface area contributed by atoms with Gasteiger partial charge in [0.2, 0.25) is 0 Å². The van der Waals surface area contributed by atoms with E-state index in [4.69, 9.17) is 14.8 Å². The third-order valence-corrected chi connectivity index (χ3v) is 4.40. The van der Waals surface area contributed by atoms with Crippen molar-refractivity contribution in [1.82, 2.24) is 25.1 Å². The van der Waals surface area contributed by atoms with E-state index in [-0.39, 0.29) is 6.61 Å². The molecule has 7 nitrogen and oxygen atoms in total. The molecule has 3 heterocycles. The van der Waals surface area contributed by atoms with Gasteiger partial charge >= 0.3 is 0 Å². The molecule has 0 fully saturated rings. The minimum atomic E-state index is 0.0202. The molecule has 0 radical (unpaired) electrons. The number of benzene rings is 1. The van der Waals surface area contributed by atoms with Crippen LogP contribution in [0.2, 0.25) is 0 Å². The number of imidazole rings is 1. The van der Waals surface area contributed by atoms with Crippen molar-refractivity contribution in [1.29, 1.82) is 0 Å².